The lowest BCUT2D eigenvalue weighted by Crippen LogP contribution is -2.47. The maximum absolute atomic E-state index is 13.5. The molecule has 3 heteroatoms. The molecule has 40 heavy (non-hydrogen) atoms. The molecule has 0 amide bonds. The van der Waals surface area contributed by atoms with Gasteiger partial charge >= 0.3 is 6.16 Å². The van der Waals surface area contributed by atoms with Crippen molar-refractivity contribution in [1.82, 2.24) is 0 Å². The number of hydrogen-bond donors (Lipinski definition) is 0. The summed E-state index contributed by atoms with van der Waals surface area (Å²) in [6.07, 6.45) is -0.215. The van der Waals surface area contributed by atoms with Crippen LogP contribution >= 0.6 is 0 Å². The van der Waals surface area contributed by atoms with Crippen molar-refractivity contribution in [2.75, 3.05) is 0 Å². The highest BCUT2D eigenvalue weighted by Gasteiger charge is 2.64. The first kappa shape index (κ1) is 26.4. The second kappa shape index (κ2) is 9.09. The lowest BCUT2D eigenvalue weighted by atomic mass is 9.70. The van der Waals surface area contributed by atoms with Gasteiger partial charge in [-0.05, 0) is 57.3 Å². The van der Waals surface area contributed by atoms with E-state index in [4.69, 9.17) is 9.47 Å². The maximum Gasteiger partial charge on any atom is 0.514 e. The van der Waals surface area contributed by atoms with Crippen LogP contribution in [0.4, 0.5) is 4.79 Å². The van der Waals surface area contributed by atoms with Crippen LogP contribution in [0.3, 0.4) is 0 Å². The van der Waals surface area contributed by atoms with Crippen LogP contribution < -0.4 is 4.74 Å². The highest BCUT2D eigenvalue weighted by molar-refractivity contribution is 5.68. The molecular weight excluding hydrogens is 492 g/mol. The predicted octanol–water partition coefficient (Wildman–Crippen LogP) is 8.86. The highest BCUT2D eigenvalue weighted by Crippen LogP contribution is 2.63. The Labute approximate surface area is 238 Å². The van der Waals surface area contributed by atoms with Crippen LogP contribution in [0.25, 0.3) is 0 Å². The number of hydrogen-bond acceptors (Lipinski definition) is 3. The first-order chi connectivity index (χ1) is 19.0. The Morgan fingerprint density at radius 3 is 1.80 bits per heavy atom. The van der Waals surface area contributed by atoms with Gasteiger partial charge in [0.2, 0.25) is 0 Å². The molecule has 0 heterocycles. The van der Waals surface area contributed by atoms with Gasteiger partial charge in [-0.1, -0.05) is 133 Å². The summed E-state index contributed by atoms with van der Waals surface area (Å²) < 4.78 is 12.2. The molecule has 204 valence electrons. The number of carbonyl (C=O) groups excluding carboxylic acids is 1. The van der Waals surface area contributed by atoms with E-state index < -0.39 is 23.1 Å². The molecule has 0 bridgehead atoms. The zero-order valence-electron chi connectivity index (χ0n) is 24.3. The number of benzene rings is 4. The third-order valence-electron chi connectivity index (χ3n) is 9.55. The molecule has 0 aliphatic heterocycles. The van der Waals surface area contributed by atoms with E-state index in [2.05, 4.69) is 114 Å². The van der Waals surface area contributed by atoms with Crippen molar-refractivity contribution in [2.45, 2.75) is 75.7 Å². The molecular formula is C37H38O3. The lowest BCUT2D eigenvalue weighted by molar-refractivity contribution is -0.000460. The molecule has 6 rings (SSSR count). The fraction of sp³-hybridized carbons (Fsp3) is 0.324. The zero-order valence-corrected chi connectivity index (χ0v) is 24.3. The summed E-state index contributed by atoms with van der Waals surface area (Å²) in [7, 11) is 0. The Morgan fingerprint density at radius 2 is 1.18 bits per heavy atom. The van der Waals surface area contributed by atoms with Crippen molar-refractivity contribution < 1.29 is 14.3 Å². The topological polar surface area (TPSA) is 35.5 Å². The van der Waals surface area contributed by atoms with E-state index in [-0.39, 0.29) is 10.8 Å². The lowest BCUT2D eigenvalue weighted by Gasteiger charge is -2.39. The minimum Gasteiger partial charge on any atom is -0.428 e. The molecule has 0 radical (unpaired) electrons. The molecule has 2 atom stereocenters. The number of ether oxygens (including phenoxy) is 2. The van der Waals surface area contributed by atoms with E-state index in [9.17, 15) is 4.79 Å². The van der Waals surface area contributed by atoms with Crippen molar-refractivity contribution in [3.63, 3.8) is 0 Å². The third-order valence-corrected chi connectivity index (χ3v) is 9.55. The van der Waals surface area contributed by atoms with Crippen LogP contribution in [-0.2, 0) is 26.4 Å². The van der Waals surface area contributed by atoms with E-state index in [1.165, 1.54) is 27.8 Å². The molecule has 3 nitrogen and oxygen atoms in total. The average molecular weight is 531 g/mol. The molecule has 4 aromatic rings. The number of rotatable bonds is 4. The first-order valence-electron chi connectivity index (χ1n) is 14.2. The fourth-order valence-corrected chi connectivity index (χ4v) is 7.58. The van der Waals surface area contributed by atoms with Crippen molar-refractivity contribution >= 4 is 6.16 Å². The molecule has 1 spiro atoms. The van der Waals surface area contributed by atoms with E-state index in [1.807, 2.05) is 30.3 Å². The van der Waals surface area contributed by atoms with E-state index in [1.54, 1.807) is 0 Å². The summed E-state index contributed by atoms with van der Waals surface area (Å²) in [5.74, 6) is 0.479. The molecule has 0 saturated heterocycles. The smallest absolute Gasteiger partial charge is 0.428 e. The summed E-state index contributed by atoms with van der Waals surface area (Å²) in [6, 6.07) is 35.5. The van der Waals surface area contributed by atoms with Crippen LogP contribution in [-0.4, -0.2) is 12.3 Å². The van der Waals surface area contributed by atoms with Crippen LogP contribution in [0.15, 0.2) is 103 Å². The fourth-order valence-electron chi connectivity index (χ4n) is 7.58. The normalized spacial score (nSPS) is 22.0. The van der Waals surface area contributed by atoms with E-state index in [0.29, 0.717) is 5.75 Å². The van der Waals surface area contributed by atoms with Gasteiger partial charge in [0.1, 0.15) is 11.9 Å². The minimum absolute atomic E-state index is 0.0585. The number of carbonyl (C=O) groups is 1. The van der Waals surface area contributed by atoms with E-state index in [0.717, 1.165) is 12.0 Å². The van der Waals surface area contributed by atoms with E-state index >= 15 is 0 Å². The van der Waals surface area contributed by atoms with Gasteiger partial charge in [0.25, 0.3) is 0 Å². The summed E-state index contributed by atoms with van der Waals surface area (Å²) in [5.41, 5.74) is 6.37. The molecule has 2 aliphatic carbocycles. The van der Waals surface area contributed by atoms with Gasteiger partial charge in [-0.2, -0.15) is 0 Å². The van der Waals surface area contributed by atoms with Crippen molar-refractivity contribution in [3.05, 3.63) is 137 Å². The van der Waals surface area contributed by atoms with Gasteiger partial charge in [-0.15, -0.1) is 0 Å². The molecule has 0 N–H and O–H groups in total. The molecule has 2 unspecified atom stereocenters. The second-order valence-electron chi connectivity index (χ2n) is 13.2. The van der Waals surface area contributed by atoms with Crippen LogP contribution in [0.2, 0.25) is 0 Å². The quantitative estimate of drug-likeness (QED) is 0.195. The van der Waals surface area contributed by atoms with Crippen molar-refractivity contribution in [3.8, 4) is 5.75 Å². The standard InChI is InChI=1S/C37H38O3/c1-34(2)24-37(30-18-12-10-16-28(30)34)31-19-13-11-17-29(31)36(5,6)32(37)40-33(38)39-27-22-20-26(21-23-27)35(3,4)25-14-8-7-9-15-25/h7-23,32H,24H2,1-6H3. The van der Waals surface area contributed by atoms with Crippen molar-refractivity contribution in [2.24, 2.45) is 0 Å². The zero-order chi connectivity index (χ0) is 28.3. The van der Waals surface area contributed by atoms with Crippen LogP contribution in [0, 0.1) is 0 Å². The monoisotopic (exact) mass is 530 g/mol. The molecule has 0 fully saturated rings. The summed E-state index contributed by atoms with van der Waals surface area (Å²) in [6.45, 7) is 13.4. The van der Waals surface area contributed by atoms with Gasteiger partial charge in [-0.3, -0.25) is 0 Å². The van der Waals surface area contributed by atoms with Gasteiger partial charge in [0, 0.05) is 10.8 Å². The Morgan fingerprint density at radius 1 is 0.675 bits per heavy atom. The van der Waals surface area contributed by atoms with Crippen LogP contribution in [0.1, 0.15) is 81.3 Å². The Hall–Kier alpha value is -3.85. The summed E-state index contributed by atoms with van der Waals surface area (Å²) in [4.78, 5) is 13.5. The Kier molecular flexibility index (Phi) is 5.99. The molecule has 4 aromatic carbocycles. The van der Waals surface area contributed by atoms with Gasteiger partial charge < -0.3 is 9.47 Å². The predicted molar refractivity (Wildman–Crippen MR) is 160 cm³/mol. The Balaban J connectivity index is 1.31. The van der Waals surface area contributed by atoms with Crippen molar-refractivity contribution in [1.29, 1.82) is 0 Å². The first-order valence-corrected chi connectivity index (χ1v) is 14.2. The van der Waals surface area contributed by atoms with Crippen LogP contribution in [0.5, 0.6) is 5.75 Å². The third kappa shape index (κ3) is 3.90. The SMILES string of the molecule is CC1(C)CC2(c3ccccc31)c1ccccc1C(C)(C)C2OC(=O)Oc1ccc(C(C)(C)c2ccccc2)cc1. The molecule has 0 aromatic heterocycles. The number of fused-ring (bicyclic) bond motifs is 4. The Bertz CT molecular complexity index is 1550. The second-order valence-corrected chi connectivity index (χ2v) is 13.2. The van der Waals surface area contributed by atoms with Gasteiger partial charge in [0.15, 0.2) is 0 Å². The summed E-state index contributed by atoms with van der Waals surface area (Å²) in [5, 5.41) is 0. The largest absolute Gasteiger partial charge is 0.514 e. The summed E-state index contributed by atoms with van der Waals surface area (Å²) >= 11 is 0. The van der Waals surface area contributed by atoms with Gasteiger partial charge in [-0.25, -0.2) is 4.79 Å². The molecule has 0 saturated carbocycles. The molecule has 2 aliphatic rings. The van der Waals surface area contributed by atoms with Gasteiger partial charge in [0.05, 0.1) is 5.41 Å². The highest BCUT2D eigenvalue weighted by atomic mass is 16.7. The average Bonchev–Trinajstić information content (AvgIpc) is 3.29. The minimum atomic E-state index is -0.664. The maximum atomic E-state index is 13.5.